The lowest BCUT2D eigenvalue weighted by Gasteiger charge is -2.27. The second-order valence-electron chi connectivity index (χ2n) is 9.73. The minimum atomic E-state index is -1.18. The molecule has 4 atom stereocenters. The zero-order valence-corrected chi connectivity index (χ0v) is 21.7. The average molecular weight is 522 g/mol. The van der Waals surface area contributed by atoms with E-state index in [1.54, 1.807) is 44.3 Å². The Hall–Kier alpha value is -4.18. The van der Waals surface area contributed by atoms with Crippen LogP contribution in [-0.2, 0) is 32.0 Å². The van der Waals surface area contributed by atoms with Gasteiger partial charge < -0.3 is 31.8 Å². The third-order valence-corrected chi connectivity index (χ3v) is 6.29. The van der Waals surface area contributed by atoms with Crippen LogP contribution in [0, 0.1) is 5.92 Å². The number of hydrogen-bond donors (Lipinski definition) is 6. The van der Waals surface area contributed by atoms with Gasteiger partial charge in [-0.3, -0.25) is 14.4 Å². The highest BCUT2D eigenvalue weighted by Gasteiger charge is 2.32. The number of carboxylic acid groups (broad SMARTS) is 1. The number of carboxylic acids is 1. The summed E-state index contributed by atoms with van der Waals surface area (Å²) in [6.45, 7) is 5.00. The fourth-order valence-corrected chi connectivity index (χ4v) is 4.13. The number of para-hydroxylation sites is 1. The van der Waals surface area contributed by atoms with Crippen LogP contribution in [-0.4, -0.2) is 57.9 Å². The molecule has 0 radical (unpaired) electrons. The number of nitrogens with one attached hydrogen (secondary N) is 4. The minimum absolute atomic E-state index is 0.0916. The first-order valence-electron chi connectivity index (χ1n) is 12.5. The topological polar surface area (TPSA) is 166 Å². The van der Waals surface area contributed by atoms with Gasteiger partial charge in [0.1, 0.15) is 18.1 Å². The van der Waals surface area contributed by atoms with Crippen molar-refractivity contribution in [1.82, 2.24) is 20.9 Å². The molecule has 0 saturated carbocycles. The first-order valence-corrected chi connectivity index (χ1v) is 12.5. The molecule has 0 aliphatic rings. The smallest absolute Gasteiger partial charge is 0.326 e. The van der Waals surface area contributed by atoms with Crippen LogP contribution in [0.25, 0.3) is 10.9 Å². The molecule has 38 heavy (non-hydrogen) atoms. The highest BCUT2D eigenvalue weighted by atomic mass is 16.4. The Morgan fingerprint density at radius 2 is 1.45 bits per heavy atom. The Labute approximate surface area is 221 Å². The van der Waals surface area contributed by atoms with Crippen molar-refractivity contribution >= 4 is 34.6 Å². The van der Waals surface area contributed by atoms with Gasteiger partial charge in [0, 0.05) is 29.9 Å². The molecule has 0 aliphatic carbocycles. The molecule has 0 saturated heterocycles. The normalized spacial score (nSPS) is 14.3. The SMILES string of the molecule is CC(N)C(=O)NC(Cc1c[nH]c2ccccc12)C(=O)NC(C(=O)NC(Cc1ccccc1)C(=O)O)C(C)C. The molecule has 202 valence electrons. The molecule has 7 N–H and O–H groups in total. The molecule has 1 heterocycles. The largest absolute Gasteiger partial charge is 0.480 e. The second kappa shape index (κ2) is 12.9. The number of amides is 3. The summed E-state index contributed by atoms with van der Waals surface area (Å²) in [6.07, 6.45) is 2.03. The van der Waals surface area contributed by atoms with Crippen molar-refractivity contribution in [2.45, 2.75) is 57.8 Å². The number of fused-ring (bicyclic) bond motifs is 1. The Morgan fingerprint density at radius 1 is 0.816 bits per heavy atom. The van der Waals surface area contributed by atoms with E-state index in [9.17, 15) is 24.3 Å². The summed E-state index contributed by atoms with van der Waals surface area (Å²) < 4.78 is 0. The zero-order chi connectivity index (χ0) is 27.8. The van der Waals surface area contributed by atoms with Gasteiger partial charge in [-0.05, 0) is 30.0 Å². The maximum absolute atomic E-state index is 13.4. The number of H-pyrrole nitrogens is 1. The maximum atomic E-state index is 13.4. The van der Waals surface area contributed by atoms with Crippen molar-refractivity contribution in [3.63, 3.8) is 0 Å². The quantitative estimate of drug-likeness (QED) is 0.211. The number of nitrogens with two attached hydrogens (primary N) is 1. The number of aromatic amines is 1. The zero-order valence-electron chi connectivity index (χ0n) is 21.7. The van der Waals surface area contributed by atoms with Crippen molar-refractivity contribution in [2.75, 3.05) is 0 Å². The lowest BCUT2D eigenvalue weighted by Crippen LogP contribution is -2.58. The average Bonchev–Trinajstić information content (AvgIpc) is 3.29. The summed E-state index contributed by atoms with van der Waals surface area (Å²) in [7, 11) is 0. The fraction of sp³-hybridized carbons (Fsp3) is 0.357. The molecule has 3 aromatic rings. The van der Waals surface area contributed by atoms with E-state index in [-0.39, 0.29) is 18.8 Å². The Kier molecular flexibility index (Phi) is 9.61. The molecule has 3 rings (SSSR count). The van der Waals surface area contributed by atoms with Crippen LogP contribution in [0.4, 0.5) is 0 Å². The predicted molar refractivity (Wildman–Crippen MR) is 144 cm³/mol. The van der Waals surface area contributed by atoms with Crippen molar-refractivity contribution < 1.29 is 24.3 Å². The van der Waals surface area contributed by atoms with Gasteiger partial charge >= 0.3 is 5.97 Å². The van der Waals surface area contributed by atoms with Crippen LogP contribution in [0.2, 0.25) is 0 Å². The van der Waals surface area contributed by atoms with Crippen LogP contribution >= 0.6 is 0 Å². The number of aliphatic carboxylic acids is 1. The van der Waals surface area contributed by atoms with Gasteiger partial charge in [0.05, 0.1) is 6.04 Å². The van der Waals surface area contributed by atoms with Crippen LogP contribution in [0.15, 0.2) is 60.8 Å². The van der Waals surface area contributed by atoms with E-state index in [4.69, 9.17) is 5.73 Å². The molecule has 3 amide bonds. The third kappa shape index (κ3) is 7.42. The fourth-order valence-electron chi connectivity index (χ4n) is 4.13. The molecule has 4 unspecified atom stereocenters. The summed E-state index contributed by atoms with van der Waals surface area (Å²) in [5.41, 5.74) is 8.17. The van der Waals surface area contributed by atoms with Crippen LogP contribution in [0.1, 0.15) is 31.9 Å². The van der Waals surface area contributed by atoms with E-state index in [1.807, 2.05) is 30.3 Å². The van der Waals surface area contributed by atoms with E-state index in [0.29, 0.717) is 0 Å². The first-order chi connectivity index (χ1) is 18.1. The molecular weight excluding hydrogens is 486 g/mol. The standard InChI is InChI=1S/C28H35N5O5/c1-16(2)24(27(36)32-23(28(37)38)13-18-9-5-4-6-10-18)33-26(35)22(31-25(34)17(3)29)14-19-15-30-21-12-8-7-11-20(19)21/h4-12,15-17,22-24,30H,13-14,29H2,1-3H3,(H,31,34)(H,32,36)(H,33,35)(H,37,38). The lowest BCUT2D eigenvalue weighted by molar-refractivity contribution is -0.142. The molecule has 0 spiro atoms. The van der Waals surface area contributed by atoms with Gasteiger partial charge in [0.15, 0.2) is 0 Å². The van der Waals surface area contributed by atoms with E-state index < -0.39 is 47.9 Å². The Bertz CT molecular complexity index is 1270. The number of aromatic nitrogens is 1. The minimum Gasteiger partial charge on any atom is -0.480 e. The van der Waals surface area contributed by atoms with Gasteiger partial charge in [-0.25, -0.2) is 4.79 Å². The highest BCUT2D eigenvalue weighted by molar-refractivity contribution is 5.95. The van der Waals surface area contributed by atoms with Crippen molar-refractivity contribution in [1.29, 1.82) is 0 Å². The van der Waals surface area contributed by atoms with Gasteiger partial charge in [0.25, 0.3) is 0 Å². The lowest BCUT2D eigenvalue weighted by atomic mass is 9.99. The van der Waals surface area contributed by atoms with Crippen molar-refractivity contribution in [3.8, 4) is 0 Å². The van der Waals surface area contributed by atoms with E-state index in [2.05, 4.69) is 20.9 Å². The molecule has 10 nitrogen and oxygen atoms in total. The molecule has 0 bridgehead atoms. The first kappa shape index (κ1) is 28.4. The van der Waals surface area contributed by atoms with Gasteiger partial charge in [-0.15, -0.1) is 0 Å². The van der Waals surface area contributed by atoms with Gasteiger partial charge in [0.2, 0.25) is 17.7 Å². The summed E-state index contributed by atoms with van der Waals surface area (Å²) in [4.78, 5) is 54.0. The maximum Gasteiger partial charge on any atom is 0.326 e. The number of rotatable bonds is 12. The summed E-state index contributed by atoms with van der Waals surface area (Å²) in [6, 6.07) is 12.5. The monoisotopic (exact) mass is 521 g/mol. The molecule has 0 fully saturated rings. The van der Waals surface area contributed by atoms with E-state index >= 15 is 0 Å². The number of carbonyl (C=O) groups excluding carboxylic acids is 3. The molecule has 0 aliphatic heterocycles. The van der Waals surface area contributed by atoms with Crippen molar-refractivity contribution in [3.05, 3.63) is 71.9 Å². The van der Waals surface area contributed by atoms with E-state index in [0.717, 1.165) is 22.0 Å². The molecule has 10 heteroatoms. The van der Waals surface area contributed by atoms with Crippen LogP contribution in [0.5, 0.6) is 0 Å². The van der Waals surface area contributed by atoms with Gasteiger partial charge in [-0.1, -0.05) is 62.4 Å². The predicted octanol–water partition coefficient (Wildman–Crippen LogP) is 1.50. The number of hydrogen-bond acceptors (Lipinski definition) is 5. The highest BCUT2D eigenvalue weighted by Crippen LogP contribution is 2.19. The van der Waals surface area contributed by atoms with Crippen LogP contribution < -0.4 is 21.7 Å². The summed E-state index contributed by atoms with van der Waals surface area (Å²) in [5, 5.41) is 18.5. The Morgan fingerprint density at radius 3 is 2.08 bits per heavy atom. The van der Waals surface area contributed by atoms with Crippen LogP contribution in [0.3, 0.4) is 0 Å². The van der Waals surface area contributed by atoms with E-state index in [1.165, 1.54) is 6.92 Å². The van der Waals surface area contributed by atoms with Crippen molar-refractivity contribution in [2.24, 2.45) is 11.7 Å². The Balaban J connectivity index is 1.78. The summed E-state index contributed by atoms with van der Waals surface area (Å²) >= 11 is 0. The number of carbonyl (C=O) groups is 4. The molecule has 1 aromatic heterocycles. The summed E-state index contributed by atoms with van der Waals surface area (Å²) in [5.74, 6) is -3.25. The molecule has 2 aromatic carbocycles. The second-order valence-corrected chi connectivity index (χ2v) is 9.73. The third-order valence-electron chi connectivity index (χ3n) is 6.29. The van der Waals surface area contributed by atoms with Gasteiger partial charge in [-0.2, -0.15) is 0 Å². The number of benzene rings is 2. The molecular formula is C28H35N5O5.